The minimum absolute atomic E-state index is 0.152. The van der Waals surface area contributed by atoms with Gasteiger partial charge in [0.15, 0.2) is 0 Å². The van der Waals surface area contributed by atoms with Crippen LogP contribution >= 0.6 is 0 Å². The first-order valence-corrected chi connectivity index (χ1v) is 6.84. The van der Waals surface area contributed by atoms with Crippen LogP contribution in [0.15, 0.2) is 34.7 Å². The Morgan fingerprint density at radius 2 is 1.95 bits per heavy atom. The van der Waals surface area contributed by atoms with E-state index in [1.165, 1.54) is 0 Å². The average Bonchev–Trinajstić information content (AvgIpc) is 2.78. The highest BCUT2D eigenvalue weighted by Gasteiger charge is 2.15. The standard InChI is InChI=1S/C16H22O3/c1-11(2)8-12(3)18-10-14(17)16-9-13-6-4-5-7-15(13)19-16/h4-7,9,11-12,14,17H,8,10H2,1-3H3. The van der Waals surface area contributed by atoms with Gasteiger partial charge in [0, 0.05) is 5.39 Å². The molecular formula is C16H22O3. The molecule has 0 aliphatic rings. The second kappa shape index (κ2) is 6.22. The van der Waals surface area contributed by atoms with Crippen LogP contribution in [0.4, 0.5) is 0 Å². The highest BCUT2D eigenvalue weighted by atomic mass is 16.5. The van der Waals surface area contributed by atoms with Gasteiger partial charge in [0.25, 0.3) is 0 Å². The summed E-state index contributed by atoms with van der Waals surface area (Å²) in [5, 5.41) is 11.1. The zero-order chi connectivity index (χ0) is 13.8. The minimum Gasteiger partial charge on any atom is -0.458 e. The number of para-hydroxylation sites is 1. The molecule has 0 spiro atoms. The number of aliphatic hydroxyl groups excluding tert-OH is 1. The first-order valence-electron chi connectivity index (χ1n) is 6.84. The van der Waals surface area contributed by atoms with E-state index in [2.05, 4.69) is 13.8 Å². The average molecular weight is 262 g/mol. The van der Waals surface area contributed by atoms with Gasteiger partial charge < -0.3 is 14.3 Å². The van der Waals surface area contributed by atoms with E-state index < -0.39 is 6.10 Å². The van der Waals surface area contributed by atoms with Crippen molar-refractivity contribution in [2.45, 2.75) is 39.4 Å². The third kappa shape index (κ3) is 3.82. The molecule has 1 aromatic carbocycles. The van der Waals surface area contributed by atoms with Crippen LogP contribution in [-0.2, 0) is 4.74 Å². The van der Waals surface area contributed by atoms with Gasteiger partial charge >= 0.3 is 0 Å². The Bertz CT molecular complexity index is 482. The monoisotopic (exact) mass is 262 g/mol. The second-order valence-corrected chi connectivity index (χ2v) is 5.48. The Kier molecular flexibility index (Phi) is 4.61. The molecule has 2 unspecified atom stereocenters. The van der Waals surface area contributed by atoms with Gasteiger partial charge in [0.05, 0.1) is 12.7 Å². The van der Waals surface area contributed by atoms with Gasteiger partial charge in [-0.25, -0.2) is 0 Å². The summed E-state index contributed by atoms with van der Waals surface area (Å²) in [5.41, 5.74) is 0.798. The molecule has 0 bridgehead atoms. The number of rotatable bonds is 6. The Morgan fingerprint density at radius 1 is 1.21 bits per heavy atom. The van der Waals surface area contributed by atoms with Crippen LogP contribution in [0.25, 0.3) is 11.0 Å². The maximum absolute atomic E-state index is 10.1. The second-order valence-electron chi connectivity index (χ2n) is 5.48. The quantitative estimate of drug-likeness (QED) is 0.858. The van der Waals surface area contributed by atoms with Crippen molar-refractivity contribution >= 4 is 11.0 Å². The van der Waals surface area contributed by atoms with Crippen LogP contribution in [0.2, 0.25) is 0 Å². The van der Waals surface area contributed by atoms with E-state index >= 15 is 0 Å². The molecule has 0 aliphatic heterocycles. The zero-order valence-corrected chi connectivity index (χ0v) is 11.8. The third-order valence-electron chi connectivity index (χ3n) is 3.11. The predicted molar refractivity (Wildman–Crippen MR) is 76.0 cm³/mol. The molecule has 19 heavy (non-hydrogen) atoms. The molecule has 3 nitrogen and oxygen atoms in total. The van der Waals surface area contributed by atoms with E-state index in [1.54, 1.807) is 0 Å². The van der Waals surface area contributed by atoms with Gasteiger partial charge in [-0.3, -0.25) is 0 Å². The van der Waals surface area contributed by atoms with Crippen molar-refractivity contribution in [2.75, 3.05) is 6.61 Å². The van der Waals surface area contributed by atoms with Crippen molar-refractivity contribution in [1.82, 2.24) is 0 Å². The highest BCUT2D eigenvalue weighted by molar-refractivity contribution is 5.77. The molecule has 2 aromatic rings. The van der Waals surface area contributed by atoms with E-state index in [1.807, 2.05) is 37.3 Å². The van der Waals surface area contributed by atoms with Crippen molar-refractivity contribution in [2.24, 2.45) is 5.92 Å². The van der Waals surface area contributed by atoms with Crippen LogP contribution in [0.5, 0.6) is 0 Å². The summed E-state index contributed by atoms with van der Waals surface area (Å²) in [6.07, 6.45) is 0.438. The largest absolute Gasteiger partial charge is 0.458 e. The van der Waals surface area contributed by atoms with E-state index in [0.717, 1.165) is 17.4 Å². The number of ether oxygens (including phenoxy) is 1. The SMILES string of the molecule is CC(C)CC(C)OCC(O)c1cc2ccccc2o1. The summed E-state index contributed by atoms with van der Waals surface area (Å²) in [6, 6.07) is 9.61. The number of fused-ring (bicyclic) bond motifs is 1. The number of furan rings is 1. The lowest BCUT2D eigenvalue weighted by Gasteiger charge is -2.16. The van der Waals surface area contributed by atoms with Crippen LogP contribution in [-0.4, -0.2) is 17.8 Å². The molecule has 0 saturated heterocycles. The summed E-state index contributed by atoms with van der Waals surface area (Å²) >= 11 is 0. The molecule has 2 rings (SSSR count). The van der Waals surface area contributed by atoms with Crippen LogP contribution in [0, 0.1) is 5.92 Å². The molecule has 1 N–H and O–H groups in total. The fraction of sp³-hybridized carbons (Fsp3) is 0.500. The highest BCUT2D eigenvalue weighted by Crippen LogP contribution is 2.24. The van der Waals surface area contributed by atoms with Gasteiger partial charge in [0.1, 0.15) is 17.4 Å². The molecule has 0 fully saturated rings. The third-order valence-corrected chi connectivity index (χ3v) is 3.11. The van der Waals surface area contributed by atoms with Crippen molar-refractivity contribution < 1.29 is 14.3 Å². The van der Waals surface area contributed by atoms with Crippen molar-refractivity contribution in [3.63, 3.8) is 0 Å². The Balaban J connectivity index is 1.94. The molecule has 1 aromatic heterocycles. The lowest BCUT2D eigenvalue weighted by atomic mass is 10.1. The Morgan fingerprint density at radius 3 is 2.63 bits per heavy atom. The smallest absolute Gasteiger partial charge is 0.136 e. The minimum atomic E-state index is -0.706. The summed E-state index contributed by atoms with van der Waals surface area (Å²) in [6.45, 7) is 6.63. The van der Waals surface area contributed by atoms with E-state index in [-0.39, 0.29) is 12.7 Å². The van der Waals surface area contributed by atoms with Gasteiger partial charge in [0.2, 0.25) is 0 Å². The molecule has 2 atom stereocenters. The summed E-state index contributed by atoms with van der Waals surface area (Å²) in [4.78, 5) is 0. The molecule has 0 aliphatic carbocycles. The Hall–Kier alpha value is -1.32. The maximum atomic E-state index is 10.1. The van der Waals surface area contributed by atoms with Gasteiger partial charge in [-0.05, 0) is 31.4 Å². The molecule has 0 saturated carbocycles. The van der Waals surface area contributed by atoms with E-state index in [9.17, 15) is 5.11 Å². The van der Waals surface area contributed by atoms with Crippen molar-refractivity contribution in [1.29, 1.82) is 0 Å². The summed E-state index contributed by atoms with van der Waals surface area (Å²) < 4.78 is 11.3. The van der Waals surface area contributed by atoms with E-state index in [0.29, 0.717) is 11.7 Å². The lowest BCUT2D eigenvalue weighted by Crippen LogP contribution is -2.16. The summed E-state index contributed by atoms with van der Waals surface area (Å²) in [7, 11) is 0. The van der Waals surface area contributed by atoms with E-state index in [4.69, 9.17) is 9.15 Å². The molecule has 1 heterocycles. The van der Waals surface area contributed by atoms with Crippen molar-refractivity contribution in [3.05, 3.63) is 36.1 Å². The normalized spacial score (nSPS) is 15.0. The number of benzene rings is 1. The molecular weight excluding hydrogens is 240 g/mol. The fourth-order valence-electron chi connectivity index (χ4n) is 2.24. The van der Waals surface area contributed by atoms with Crippen molar-refractivity contribution in [3.8, 4) is 0 Å². The molecule has 0 radical (unpaired) electrons. The van der Waals surface area contributed by atoms with Crippen LogP contribution in [0.1, 0.15) is 39.1 Å². The molecule has 104 valence electrons. The van der Waals surface area contributed by atoms with Gasteiger partial charge in [-0.15, -0.1) is 0 Å². The molecule has 3 heteroatoms. The maximum Gasteiger partial charge on any atom is 0.136 e. The summed E-state index contributed by atoms with van der Waals surface area (Å²) in [5.74, 6) is 1.16. The predicted octanol–water partition coefficient (Wildman–Crippen LogP) is 3.92. The zero-order valence-electron chi connectivity index (χ0n) is 11.8. The van der Waals surface area contributed by atoms with Gasteiger partial charge in [-0.1, -0.05) is 32.0 Å². The first kappa shape index (κ1) is 14.1. The van der Waals surface area contributed by atoms with Gasteiger partial charge in [-0.2, -0.15) is 0 Å². The fourth-order valence-corrected chi connectivity index (χ4v) is 2.24. The number of aliphatic hydroxyl groups is 1. The first-order chi connectivity index (χ1) is 9.06. The molecule has 0 amide bonds. The topological polar surface area (TPSA) is 42.6 Å². The Labute approximate surface area is 114 Å². The van der Waals surface area contributed by atoms with Crippen LogP contribution < -0.4 is 0 Å². The lowest BCUT2D eigenvalue weighted by molar-refractivity contribution is -0.0167. The number of hydrogen-bond donors (Lipinski definition) is 1. The number of hydrogen-bond acceptors (Lipinski definition) is 3. The van der Waals surface area contributed by atoms with Crippen LogP contribution in [0.3, 0.4) is 0 Å².